The number of aromatic nitrogens is 1. The molecule has 2 atom stereocenters. The fourth-order valence-corrected chi connectivity index (χ4v) is 3.81. The third-order valence-electron chi connectivity index (χ3n) is 4.54. The summed E-state index contributed by atoms with van der Waals surface area (Å²) >= 11 is 0.497. The number of carbonyl (C=O) groups is 1. The first-order valence-corrected chi connectivity index (χ1v) is 9.93. The zero-order valence-corrected chi connectivity index (χ0v) is 16.5. The second-order valence-electron chi connectivity index (χ2n) is 6.75. The summed E-state index contributed by atoms with van der Waals surface area (Å²) in [5, 5.41) is 9.13. The highest BCUT2D eigenvalue weighted by Crippen LogP contribution is 2.34. The lowest BCUT2D eigenvalue weighted by Gasteiger charge is -2.35. The number of esters is 1. The first-order chi connectivity index (χ1) is 13.8. The predicted octanol–water partition coefficient (Wildman–Crippen LogP) is 3.06. The van der Waals surface area contributed by atoms with Crippen molar-refractivity contribution in [2.45, 2.75) is 31.7 Å². The number of aliphatic hydroxyl groups is 1. The van der Waals surface area contributed by atoms with Crippen LogP contribution in [0.15, 0.2) is 29.6 Å². The number of hydrogen-bond donors (Lipinski definition) is 1. The van der Waals surface area contributed by atoms with Crippen molar-refractivity contribution >= 4 is 17.3 Å². The molecule has 2 aromatic rings. The molecule has 1 aromatic heterocycles. The zero-order chi connectivity index (χ0) is 21.0. The first kappa shape index (κ1) is 21.5. The molecule has 1 saturated heterocycles. The summed E-state index contributed by atoms with van der Waals surface area (Å²) in [7, 11) is 0. The van der Waals surface area contributed by atoms with Crippen LogP contribution in [0.1, 0.15) is 29.3 Å². The van der Waals surface area contributed by atoms with Gasteiger partial charge in [0.15, 0.2) is 11.1 Å². The summed E-state index contributed by atoms with van der Waals surface area (Å²) in [5.74, 6) is 0.170. The molecule has 1 aliphatic rings. The average molecular weight is 430 g/mol. The van der Waals surface area contributed by atoms with Crippen LogP contribution in [0.2, 0.25) is 0 Å². The van der Waals surface area contributed by atoms with Gasteiger partial charge in [-0.15, -0.1) is 11.3 Å². The van der Waals surface area contributed by atoms with Crippen molar-refractivity contribution in [3.63, 3.8) is 0 Å². The predicted molar refractivity (Wildman–Crippen MR) is 99.7 cm³/mol. The minimum atomic E-state index is -4.51. The summed E-state index contributed by atoms with van der Waals surface area (Å²) in [6.07, 6.45) is -4.69. The Morgan fingerprint density at radius 2 is 2.10 bits per heavy atom. The Morgan fingerprint density at radius 1 is 1.38 bits per heavy atom. The fourth-order valence-electron chi connectivity index (χ4n) is 3.09. The Balaban J connectivity index is 1.63. The van der Waals surface area contributed by atoms with Gasteiger partial charge in [0.2, 0.25) is 0 Å². The lowest BCUT2D eigenvalue weighted by atomic mass is 10.0. The molecule has 6 nitrogen and oxygen atoms in total. The van der Waals surface area contributed by atoms with Crippen molar-refractivity contribution in [1.82, 2.24) is 9.88 Å². The molecule has 0 aliphatic carbocycles. The SMILES string of the molecule is CC(Cc1ccc(OCCO)cc1)N1CC(=O)OC(c2csc(C(F)(F)F)n2)C1. The highest BCUT2D eigenvalue weighted by molar-refractivity contribution is 7.09. The molecule has 1 N–H and O–H groups in total. The van der Waals surface area contributed by atoms with Crippen molar-refractivity contribution in [3.8, 4) is 5.75 Å². The average Bonchev–Trinajstić information content (AvgIpc) is 3.18. The summed E-state index contributed by atoms with van der Waals surface area (Å²) in [4.78, 5) is 17.5. The quantitative estimate of drug-likeness (QED) is 0.681. The number of benzene rings is 1. The molecule has 158 valence electrons. The van der Waals surface area contributed by atoms with Crippen LogP contribution in [0.25, 0.3) is 0 Å². The molecule has 1 fully saturated rings. The number of cyclic esters (lactones) is 1. The van der Waals surface area contributed by atoms with Crippen molar-refractivity contribution in [2.24, 2.45) is 0 Å². The number of rotatable bonds is 7. The van der Waals surface area contributed by atoms with E-state index in [0.29, 0.717) is 23.5 Å². The van der Waals surface area contributed by atoms with Crippen molar-refractivity contribution in [2.75, 3.05) is 26.3 Å². The van der Waals surface area contributed by atoms with E-state index in [0.717, 1.165) is 5.56 Å². The van der Waals surface area contributed by atoms with Crippen LogP contribution >= 0.6 is 11.3 Å². The lowest BCUT2D eigenvalue weighted by molar-refractivity contribution is -0.161. The molecule has 0 saturated carbocycles. The topological polar surface area (TPSA) is 71.9 Å². The number of hydrogen-bond acceptors (Lipinski definition) is 7. The van der Waals surface area contributed by atoms with E-state index in [4.69, 9.17) is 14.6 Å². The van der Waals surface area contributed by atoms with Crippen molar-refractivity contribution in [1.29, 1.82) is 0 Å². The van der Waals surface area contributed by atoms with Gasteiger partial charge in [0.25, 0.3) is 0 Å². The number of thiazole rings is 1. The molecule has 0 spiro atoms. The van der Waals surface area contributed by atoms with Gasteiger partial charge < -0.3 is 14.6 Å². The normalized spacial score (nSPS) is 19.1. The molecule has 0 bridgehead atoms. The van der Waals surface area contributed by atoms with Gasteiger partial charge in [-0.05, 0) is 31.0 Å². The molecule has 1 aliphatic heterocycles. The highest BCUT2D eigenvalue weighted by Gasteiger charge is 2.37. The zero-order valence-electron chi connectivity index (χ0n) is 15.7. The Labute approximate surface area is 169 Å². The molecule has 1 aromatic carbocycles. The van der Waals surface area contributed by atoms with Crippen LogP contribution in [0.4, 0.5) is 13.2 Å². The molecular formula is C19H21F3N2O4S. The van der Waals surface area contributed by atoms with Crippen molar-refractivity contribution in [3.05, 3.63) is 45.9 Å². The molecule has 29 heavy (non-hydrogen) atoms. The van der Waals surface area contributed by atoms with E-state index in [-0.39, 0.29) is 38.0 Å². The Hall–Kier alpha value is -2.17. The second kappa shape index (κ2) is 9.10. The van der Waals surface area contributed by atoms with Crippen molar-refractivity contribution < 1.29 is 32.5 Å². The third kappa shape index (κ3) is 5.68. The largest absolute Gasteiger partial charge is 0.491 e. The Kier molecular flexibility index (Phi) is 6.76. The lowest BCUT2D eigenvalue weighted by Crippen LogP contribution is -2.46. The van der Waals surface area contributed by atoms with Gasteiger partial charge in [-0.3, -0.25) is 9.69 Å². The van der Waals surface area contributed by atoms with E-state index in [1.807, 2.05) is 24.0 Å². The summed E-state index contributed by atoms with van der Waals surface area (Å²) < 4.78 is 49.0. The van der Waals surface area contributed by atoms with E-state index in [9.17, 15) is 18.0 Å². The molecule has 0 radical (unpaired) electrons. The highest BCUT2D eigenvalue weighted by atomic mass is 32.1. The number of ether oxygens (including phenoxy) is 2. The van der Waals surface area contributed by atoms with Crippen LogP contribution in [0.3, 0.4) is 0 Å². The van der Waals surface area contributed by atoms with E-state index in [1.54, 1.807) is 12.1 Å². The summed E-state index contributed by atoms with van der Waals surface area (Å²) in [6.45, 7) is 2.47. The smallest absolute Gasteiger partial charge is 0.443 e. The fraction of sp³-hybridized carbons (Fsp3) is 0.474. The maximum atomic E-state index is 12.8. The maximum absolute atomic E-state index is 12.8. The van der Waals surface area contributed by atoms with Gasteiger partial charge in [-0.25, -0.2) is 4.98 Å². The van der Waals surface area contributed by atoms with Crippen LogP contribution in [-0.4, -0.2) is 53.3 Å². The standard InChI is InChI=1S/C19H21F3N2O4S/c1-12(8-13-2-4-14(5-3-13)27-7-6-25)24-9-16(28-17(26)10-24)15-11-29-18(23-15)19(20,21)22/h2-5,11-12,16,25H,6-10H2,1H3. The van der Waals surface area contributed by atoms with Gasteiger partial charge in [0.1, 0.15) is 12.4 Å². The first-order valence-electron chi connectivity index (χ1n) is 9.05. The number of carbonyl (C=O) groups excluding carboxylic acids is 1. The molecular weight excluding hydrogens is 409 g/mol. The second-order valence-corrected chi connectivity index (χ2v) is 7.61. The molecule has 10 heteroatoms. The molecule has 0 amide bonds. The summed E-state index contributed by atoms with van der Waals surface area (Å²) in [5.41, 5.74) is 1.15. The number of nitrogens with zero attached hydrogens (tertiary/aromatic N) is 2. The Morgan fingerprint density at radius 3 is 2.72 bits per heavy atom. The van der Waals surface area contributed by atoms with Gasteiger partial charge >= 0.3 is 12.1 Å². The number of alkyl halides is 3. The number of morpholine rings is 1. The molecule has 2 heterocycles. The Bertz CT molecular complexity index is 826. The minimum absolute atomic E-state index is 0.0321. The van der Waals surface area contributed by atoms with Crippen LogP contribution < -0.4 is 4.74 Å². The van der Waals surface area contributed by atoms with E-state index >= 15 is 0 Å². The van der Waals surface area contributed by atoms with E-state index in [1.165, 1.54) is 5.38 Å². The van der Waals surface area contributed by atoms with Gasteiger partial charge in [0.05, 0.1) is 18.8 Å². The maximum Gasteiger partial charge on any atom is 0.443 e. The van der Waals surface area contributed by atoms with E-state index < -0.39 is 23.3 Å². The molecule has 2 unspecified atom stereocenters. The third-order valence-corrected chi connectivity index (χ3v) is 5.44. The monoisotopic (exact) mass is 430 g/mol. The van der Waals surface area contributed by atoms with Gasteiger partial charge in [-0.1, -0.05) is 12.1 Å². The molecule has 3 rings (SSSR count). The van der Waals surface area contributed by atoms with Crippen LogP contribution in [-0.2, 0) is 22.1 Å². The van der Waals surface area contributed by atoms with Crippen LogP contribution in [0, 0.1) is 0 Å². The van der Waals surface area contributed by atoms with Gasteiger partial charge in [0, 0.05) is 18.0 Å². The number of halogens is 3. The van der Waals surface area contributed by atoms with Crippen LogP contribution in [0.5, 0.6) is 5.75 Å². The number of aliphatic hydroxyl groups excluding tert-OH is 1. The summed E-state index contributed by atoms with van der Waals surface area (Å²) in [6, 6.07) is 7.38. The van der Waals surface area contributed by atoms with Gasteiger partial charge in [-0.2, -0.15) is 13.2 Å². The van der Waals surface area contributed by atoms with E-state index in [2.05, 4.69) is 4.98 Å². The minimum Gasteiger partial charge on any atom is -0.491 e.